The Bertz CT molecular complexity index is 1030. The van der Waals surface area contributed by atoms with Crippen LogP contribution >= 0.6 is 0 Å². The van der Waals surface area contributed by atoms with E-state index < -0.39 is 0 Å². The smallest absolute Gasteiger partial charge is 0.399 e. The monoisotopic (exact) mass is 418 g/mol. The van der Waals surface area contributed by atoms with E-state index in [0.717, 1.165) is 17.3 Å². The highest BCUT2D eigenvalue weighted by Crippen LogP contribution is 2.41. The Kier molecular flexibility index (Phi) is 4.44. The summed E-state index contributed by atoms with van der Waals surface area (Å²) in [4.78, 5) is 0. The SMILES string of the molecule is CC1(C)OB(c2ccc3c(c2)Cc2c(B4OC(C)(C)C(C)(C)O4)cccc2-3)OC1(C)C. The van der Waals surface area contributed by atoms with Gasteiger partial charge in [-0.2, -0.15) is 0 Å². The van der Waals surface area contributed by atoms with Crippen molar-refractivity contribution >= 4 is 25.2 Å². The molecule has 0 spiro atoms. The highest BCUT2D eigenvalue weighted by molar-refractivity contribution is 6.63. The minimum atomic E-state index is -0.351. The van der Waals surface area contributed by atoms with Crippen molar-refractivity contribution in [3.8, 4) is 11.1 Å². The van der Waals surface area contributed by atoms with Gasteiger partial charge in [0, 0.05) is 0 Å². The standard InChI is InChI=1S/C25H32B2O4/c1-22(2)23(3,4)29-26(28-22)17-12-13-18-16(14-17)15-20-19(18)10-9-11-21(20)27-30-24(5,6)25(7,8)31-27/h9-14H,15H2,1-8H3. The van der Waals surface area contributed by atoms with Crippen LogP contribution in [0.4, 0.5) is 0 Å². The van der Waals surface area contributed by atoms with Crippen LogP contribution in [0.2, 0.25) is 0 Å². The second-order valence-electron chi connectivity index (χ2n) is 11.1. The quantitative estimate of drug-likeness (QED) is 0.593. The van der Waals surface area contributed by atoms with Gasteiger partial charge in [-0.05, 0) is 95.0 Å². The Balaban J connectivity index is 1.47. The van der Waals surface area contributed by atoms with Crippen molar-refractivity contribution in [3.05, 3.63) is 47.5 Å². The van der Waals surface area contributed by atoms with Crippen molar-refractivity contribution in [3.63, 3.8) is 0 Å². The van der Waals surface area contributed by atoms with E-state index in [1.54, 1.807) is 0 Å². The zero-order valence-electron chi connectivity index (χ0n) is 20.0. The van der Waals surface area contributed by atoms with Gasteiger partial charge in [0.1, 0.15) is 0 Å². The minimum Gasteiger partial charge on any atom is -0.399 e. The first-order valence-corrected chi connectivity index (χ1v) is 11.3. The maximum atomic E-state index is 6.36. The first-order chi connectivity index (χ1) is 14.3. The van der Waals surface area contributed by atoms with Gasteiger partial charge in [-0.15, -0.1) is 0 Å². The van der Waals surface area contributed by atoms with Gasteiger partial charge in [-0.25, -0.2) is 0 Å². The minimum absolute atomic E-state index is 0.344. The summed E-state index contributed by atoms with van der Waals surface area (Å²) in [6.45, 7) is 16.8. The highest BCUT2D eigenvalue weighted by Gasteiger charge is 2.53. The normalized spacial score (nSPS) is 24.4. The molecule has 6 heteroatoms. The Morgan fingerprint density at radius 3 is 1.77 bits per heavy atom. The summed E-state index contributed by atoms with van der Waals surface area (Å²) in [6.07, 6.45) is 0.859. The van der Waals surface area contributed by atoms with Crippen LogP contribution in [-0.4, -0.2) is 36.6 Å². The van der Waals surface area contributed by atoms with E-state index in [2.05, 4.69) is 91.8 Å². The molecule has 0 saturated carbocycles. The second kappa shape index (κ2) is 6.48. The summed E-state index contributed by atoms with van der Waals surface area (Å²) in [6, 6.07) is 13.0. The molecule has 31 heavy (non-hydrogen) atoms. The van der Waals surface area contributed by atoms with E-state index in [0.29, 0.717) is 0 Å². The fraction of sp³-hybridized carbons (Fsp3) is 0.520. The Morgan fingerprint density at radius 2 is 1.19 bits per heavy atom. The van der Waals surface area contributed by atoms with Gasteiger partial charge in [0.2, 0.25) is 0 Å². The van der Waals surface area contributed by atoms with Crippen molar-refractivity contribution in [2.45, 2.75) is 84.2 Å². The molecule has 4 nitrogen and oxygen atoms in total. The number of fused-ring (bicyclic) bond motifs is 3. The Morgan fingerprint density at radius 1 is 0.645 bits per heavy atom. The third-order valence-corrected chi connectivity index (χ3v) is 8.03. The molecule has 2 heterocycles. The van der Waals surface area contributed by atoms with Crippen LogP contribution in [0.1, 0.15) is 66.5 Å². The Hall–Kier alpha value is -1.59. The van der Waals surface area contributed by atoms with Gasteiger partial charge in [-0.1, -0.05) is 36.4 Å². The summed E-state index contributed by atoms with van der Waals surface area (Å²) < 4.78 is 25.3. The highest BCUT2D eigenvalue weighted by atomic mass is 16.7. The van der Waals surface area contributed by atoms with E-state index in [9.17, 15) is 0 Å². The first kappa shape index (κ1) is 21.3. The van der Waals surface area contributed by atoms with E-state index in [4.69, 9.17) is 18.6 Å². The van der Waals surface area contributed by atoms with E-state index in [1.165, 1.54) is 22.3 Å². The molecule has 1 aliphatic carbocycles. The molecule has 2 aliphatic heterocycles. The fourth-order valence-electron chi connectivity index (χ4n) is 4.58. The van der Waals surface area contributed by atoms with Crippen LogP contribution < -0.4 is 10.9 Å². The lowest BCUT2D eigenvalue weighted by molar-refractivity contribution is 0.00578. The lowest BCUT2D eigenvalue weighted by atomic mass is 9.74. The molecule has 3 aliphatic rings. The van der Waals surface area contributed by atoms with Gasteiger partial charge in [0.05, 0.1) is 22.4 Å². The summed E-state index contributed by atoms with van der Waals surface area (Å²) in [5, 5.41) is 0. The molecule has 162 valence electrons. The topological polar surface area (TPSA) is 36.9 Å². The first-order valence-electron chi connectivity index (χ1n) is 11.3. The van der Waals surface area contributed by atoms with Crippen molar-refractivity contribution in [2.75, 3.05) is 0 Å². The molecule has 0 aromatic heterocycles. The second-order valence-corrected chi connectivity index (χ2v) is 11.1. The van der Waals surface area contributed by atoms with Crippen LogP contribution in [0.15, 0.2) is 36.4 Å². The molecule has 0 bridgehead atoms. The predicted octanol–water partition coefficient (Wildman–Crippen LogP) is 3.86. The maximum Gasteiger partial charge on any atom is 0.495 e. The van der Waals surface area contributed by atoms with Crippen molar-refractivity contribution in [2.24, 2.45) is 0 Å². The average Bonchev–Trinajstić information content (AvgIpc) is 3.21. The molecule has 2 aromatic rings. The average molecular weight is 418 g/mol. The van der Waals surface area contributed by atoms with Crippen LogP contribution in [0, 0.1) is 0 Å². The van der Waals surface area contributed by atoms with E-state index in [1.807, 2.05) is 0 Å². The fourth-order valence-corrected chi connectivity index (χ4v) is 4.58. The zero-order chi connectivity index (χ0) is 22.4. The van der Waals surface area contributed by atoms with Gasteiger partial charge in [-0.3, -0.25) is 0 Å². The van der Waals surface area contributed by atoms with Gasteiger partial charge in [0.25, 0.3) is 0 Å². The molecule has 2 fully saturated rings. The molecule has 0 unspecified atom stereocenters. The number of rotatable bonds is 2. The molecule has 2 aromatic carbocycles. The summed E-state index contributed by atoms with van der Waals surface area (Å²) in [7, 11) is -0.696. The summed E-state index contributed by atoms with van der Waals surface area (Å²) in [5.41, 5.74) is 5.94. The molecule has 0 radical (unpaired) electrons. The third kappa shape index (κ3) is 3.14. The van der Waals surface area contributed by atoms with Gasteiger partial charge < -0.3 is 18.6 Å². The van der Waals surface area contributed by atoms with Crippen molar-refractivity contribution in [1.29, 1.82) is 0 Å². The molecule has 0 atom stereocenters. The summed E-state index contributed by atoms with van der Waals surface area (Å²) >= 11 is 0. The number of benzene rings is 2. The maximum absolute atomic E-state index is 6.36. The van der Waals surface area contributed by atoms with Gasteiger partial charge >= 0.3 is 14.2 Å². The van der Waals surface area contributed by atoms with Crippen LogP contribution in [0.25, 0.3) is 11.1 Å². The molecule has 0 amide bonds. The third-order valence-electron chi connectivity index (χ3n) is 8.03. The van der Waals surface area contributed by atoms with Gasteiger partial charge in [0.15, 0.2) is 0 Å². The largest absolute Gasteiger partial charge is 0.495 e. The lowest BCUT2D eigenvalue weighted by Gasteiger charge is -2.32. The molecule has 5 rings (SSSR count). The lowest BCUT2D eigenvalue weighted by Crippen LogP contribution is -2.41. The predicted molar refractivity (Wildman–Crippen MR) is 126 cm³/mol. The van der Waals surface area contributed by atoms with Crippen LogP contribution in [0.5, 0.6) is 0 Å². The van der Waals surface area contributed by atoms with E-state index >= 15 is 0 Å². The number of hydrogen-bond acceptors (Lipinski definition) is 4. The molecule has 2 saturated heterocycles. The van der Waals surface area contributed by atoms with E-state index in [-0.39, 0.29) is 36.6 Å². The Labute approximate surface area is 186 Å². The molecular weight excluding hydrogens is 386 g/mol. The van der Waals surface area contributed by atoms with Crippen LogP contribution in [-0.2, 0) is 25.0 Å². The van der Waals surface area contributed by atoms with Crippen molar-refractivity contribution < 1.29 is 18.6 Å². The molecule has 0 N–H and O–H groups in total. The summed E-state index contributed by atoms with van der Waals surface area (Å²) in [5.74, 6) is 0. The molecular formula is C25H32B2O4. The van der Waals surface area contributed by atoms with Crippen molar-refractivity contribution in [1.82, 2.24) is 0 Å². The number of hydrogen-bond donors (Lipinski definition) is 0. The zero-order valence-corrected chi connectivity index (χ0v) is 20.0. The van der Waals surface area contributed by atoms with Crippen LogP contribution in [0.3, 0.4) is 0 Å².